The molecule has 24 heavy (non-hydrogen) atoms. The summed E-state index contributed by atoms with van der Waals surface area (Å²) in [5.41, 5.74) is 0.762. The Labute approximate surface area is 140 Å². The van der Waals surface area contributed by atoms with Crippen LogP contribution in [-0.4, -0.2) is 53.4 Å². The summed E-state index contributed by atoms with van der Waals surface area (Å²) in [5.74, 6) is 0.827. The van der Waals surface area contributed by atoms with Crippen LogP contribution in [0.5, 0.6) is 0 Å². The smallest absolute Gasteiger partial charge is 0.316 e. The standard InChI is InChI=1S/C16H21N5O3/c1-3-11(2)18-15(22)16-19-14(20-24-16)12-4-5-17-13(10-12)21-6-8-23-9-7-21/h4-5,10-11H,3,6-9H2,1-2H3,(H,18,22). The van der Waals surface area contributed by atoms with E-state index in [2.05, 4.69) is 25.3 Å². The SMILES string of the molecule is CCC(C)NC(=O)c1nc(-c2ccnc(N3CCOCC3)c2)no1. The number of nitrogens with one attached hydrogen (secondary N) is 1. The lowest BCUT2D eigenvalue weighted by atomic mass is 10.2. The fourth-order valence-corrected chi connectivity index (χ4v) is 2.34. The molecule has 1 saturated heterocycles. The molecule has 0 aromatic carbocycles. The van der Waals surface area contributed by atoms with Crippen molar-refractivity contribution in [1.82, 2.24) is 20.4 Å². The van der Waals surface area contributed by atoms with Crippen molar-refractivity contribution < 1.29 is 14.1 Å². The molecule has 2 aromatic heterocycles. The second kappa shape index (κ2) is 7.39. The van der Waals surface area contributed by atoms with Gasteiger partial charge in [-0.1, -0.05) is 12.1 Å². The summed E-state index contributed by atoms with van der Waals surface area (Å²) < 4.78 is 10.4. The van der Waals surface area contributed by atoms with Crippen LogP contribution >= 0.6 is 0 Å². The summed E-state index contributed by atoms with van der Waals surface area (Å²) in [5, 5.41) is 6.71. The normalized spacial score (nSPS) is 16.0. The molecule has 1 unspecified atom stereocenters. The van der Waals surface area contributed by atoms with Crippen molar-refractivity contribution in [1.29, 1.82) is 0 Å². The Morgan fingerprint density at radius 1 is 1.42 bits per heavy atom. The van der Waals surface area contributed by atoms with Gasteiger partial charge in [0.15, 0.2) is 0 Å². The molecular formula is C16H21N5O3. The van der Waals surface area contributed by atoms with Crippen LogP contribution in [0.2, 0.25) is 0 Å². The summed E-state index contributed by atoms with van der Waals surface area (Å²) in [7, 11) is 0. The summed E-state index contributed by atoms with van der Waals surface area (Å²) >= 11 is 0. The molecule has 0 spiro atoms. The highest BCUT2D eigenvalue weighted by atomic mass is 16.5. The van der Waals surface area contributed by atoms with E-state index in [1.807, 2.05) is 19.9 Å². The van der Waals surface area contributed by atoms with E-state index in [0.29, 0.717) is 19.0 Å². The van der Waals surface area contributed by atoms with E-state index in [9.17, 15) is 4.79 Å². The van der Waals surface area contributed by atoms with Crippen molar-refractivity contribution in [3.8, 4) is 11.4 Å². The average molecular weight is 331 g/mol. The third-order valence-corrected chi connectivity index (χ3v) is 3.95. The third-order valence-electron chi connectivity index (χ3n) is 3.95. The zero-order valence-electron chi connectivity index (χ0n) is 13.9. The molecule has 8 nitrogen and oxygen atoms in total. The Balaban J connectivity index is 1.76. The molecule has 0 bridgehead atoms. The second-order valence-corrected chi connectivity index (χ2v) is 5.71. The monoisotopic (exact) mass is 331 g/mol. The first-order chi connectivity index (χ1) is 11.7. The van der Waals surface area contributed by atoms with Gasteiger partial charge >= 0.3 is 11.8 Å². The van der Waals surface area contributed by atoms with Crippen LogP contribution in [-0.2, 0) is 4.74 Å². The summed E-state index contributed by atoms with van der Waals surface area (Å²) in [6, 6.07) is 3.75. The lowest BCUT2D eigenvalue weighted by molar-refractivity contribution is 0.0895. The number of amides is 1. The molecule has 0 radical (unpaired) electrons. The number of ether oxygens (including phenoxy) is 1. The van der Waals surface area contributed by atoms with E-state index in [1.54, 1.807) is 12.3 Å². The second-order valence-electron chi connectivity index (χ2n) is 5.71. The van der Waals surface area contributed by atoms with Gasteiger partial charge in [-0.05, 0) is 25.5 Å². The Hall–Kier alpha value is -2.48. The number of anilines is 1. The first-order valence-electron chi connectivity index (χ1n) is 8.11. The number of carbonyl (C=O) groups excluding carboxylic acids is 1. The molecule has 0 aliphatic carbocycles. The predicted octanol–water partition coefficient (Wildman–Crippen LogP) is 1.50. The van der Waals surface area contributed by atoms with Crippen LogP contribution in [0, 0.1) is 0 Å². The molecule has 1 amide bonds. The summed E-state index contributed by atoms with van der Waals surface area (Å²) in [4.78, 5) is 22.8. The van der Waals surface area contributed by atoms with Gasteiger partial charge in [0.2, 0.25) is 5.82 Å². The number of morpholine rings is 1. The highest BCUT2D eigenvalue weighted by Gasteiger charge is 2.19. The number of aromatic nitrogens is 3. The number of nitrogens with zero attached hydrogens (tertiary/aromatic N) is 4. The molecule has 128 valence electrons. The Kier molecular flexibility index (Phi) is 5.05. The van der Waals surface area contributed by atoms with E-state index >= 15 is 0 Å². The molecule has 0 saturated carbocycles. The molecule has 1 aliphatic rings. The third kappa shape index (κ3) is 3.70. The van der Waals surface area contributed by atoms with Gasteiger partial charge in [-0.25, -0.2) is 4.98 Å². The molecule has 1 fully saturated rings. The zero-order valence-corrected chi connectivity index (χ0v) is 13.9. The van der Waals surface area contributed by atoms with E-state index in [-0.39, 0.29) is 17.8 Å². The number of carbonyl (C=O) groups is 1. The minimum Gasteiger partial charge on any atom is -0.378 e. The Bertz CT molecular complexity index is 697. The van der Waals surface area contributed by atoms with Gasteiger partial charge in [0.05, 0.1) is 13.2 Å². The average Bonchev–Trinajstić information content (AvgIpc) is 3.13. The van der Waals surface area contributed by atoms with Crippen LogP contribution in [0.25, 0.3) is 11.4 Å². The number of pyridine rings is 1. The van der Waals surface area contributed by atoms with Crippen molar-refractivity contribution in [2.75, 3.05) is 31.2 Å². The molecule has 8 heteroatoms. The maximum absolute atomic E-state index is 12.0. The lowest BCUT2D eigenvalue weighted by Crippen LogP contribution is -2.36. The van der Waals surface area contributed by atoms with Gasteiger partial charge in [0.25, 0.3) is 0 Å². The fourth-order valence-electron chi connectivity index (χ4n) is 2.34. The van der Waals surface area contributed by atoms with E-state index < -0.39 is 0 Å². The number of rotatable bonds is 5. The van der Waals surface area contributed by atoms with Gasteiger partial charge in [0, 0.05) is 30.9 Å². The van der Waals surface area contributed by atoms with Crippen LogP contribution in [0.3, 0.4) is 0 Å². The quantitative estimate of drug-likeness (QED) is 0.887. The Morgan fingerprint density at radius 3 is 2.96 bits per heavy atom. The fraction of sp³-hybridized carbons (Fsp3) is 0.500. The maximum atomic E-state index is 12.0. The molecular weight excluding hydrogens is 310 g/mol. The van der Waals surface area contributed by atoms with Gasteiger partial charge in [-0.3, -0.25) is 4.79 Å². The number of hydrogen-bond donors (Lipinski definition) is 1. The van der Waals surface area contributed by atoms with Crippen LogP contribution < -0.4 is 10.2 Å². The molecule has 1 atom stereocenters. The predicted molar refractivity (Wildman–Crippen MR) is 87.8 cm³/mol. The maximum Gasteiger partial charge on any atom is 0.316 e. The lowest BCUT2D eigenvalue weighted by Gasteiger charge is -2.27. The highest BCUT2D eigenvalue weighted by Crippen LogP contribution is 2.21. The summed E-state index contributed by atoms with van der Waals surface area (Å²) in [6.07, 6.45) is 2.54. The first kappa shape index (κ1) is 16.4. The minimum atomic E-state index is -0.356. The van der Waals surface area contributed by atoms with Crippen molar-refractivity contribution in [2.24, 2.45) is 0 Å². The van der Waals surface area contributed by atoms with Crippen molar-refractivity contribution in [3.05, 3.63) is 24.2 Å². The van der Waals surface area contributed by atoms with Crippen molar-refractivity contribution in [2.45, 2.75) is 26.3 Å². The molecule has 2 aromatic rings. The minimum absolute atomic E-state index is 0.0324. The van der Waals surface area contributed by atoms with Crippen LogP contribution in [0.4, 0.5) is 5.82 Å². The van der Waals surface area contributed by atoms with E-state index in [0.717, 1.165) is 30.9 Å². The van der Waals surface area contributed by atoms with Crippen LogP contribution in [0.1, 0.15) is 31.0 Å². The van der Waals surface area contributed by atoms with Crippen LogP contribution in [0.15, 0.2) is 22.9 Å². The largest absolute Gasteiger partial charge is 0.378 e. The molecule has 3 heterocycles. The van der Waals surface area contributed by atoms with Gasteiger partial charge in [-0.2, -0.15) is 4.98 Å². The molecule has 1 N–H and O–H groups in total. The topological polar surface area (TPSA) is 93.4 Å². The molecule has 1 aliphatic heterocycles. The first-order valence-corrected chi connectivity index (χ1v) is 8.11. The highest BCUT2D eigenvalue weighted by molar-refractivity contribution is 5.90. The Morgan fingerprint density at radius 2 is 2.21 bits per heavy atom. The van der Waals surface area contributed by atoms with E-state index in [4.69, 9.17) is 9.26 Å². The van der Waals surface area contributed by atoms with E-state index in [1.165, 1.54) is 0 Å². The van der Waals surface area contributed by atoms with Crippen molar-refractivity contribution >= 4 is 11.7 Å². The number of hydrogen-bond acceptors (Lipinski definition) is 7. The van der Waals surface area contributed by atoms with Gasteiger partial charge in [-0.15, -0.1) is 0 Å². The summed E-state index contributed by atoms with van der Waals surface area (Å²) in [6.45, 7) is 6.89. The van der Waals surface area contributed by atoms with Crippen molar-refractivity contribution in [3.63, 3.8) is 0 Å². The molecule has 3 rings (SSSR count). The van der Waals surface area contributed by atoms with Gasteiger partial charge < -0.3 is 19.5 Å². The zero-order chi connectivity index (χ0) is 16.9. The van der Waals surface area contributed by atoms with Gasteiger partial charge in [0.1, 0.15) is 5.82 Å².